The van der Waals surface area contributed by atoms with E-state index < -0.39 is 0 Å². The van der Waals surface area contributed by atoms with Gasteiger partial charge < -0.3 is 10.2 Å². The summed E-state index contributed by atoms with van der Waals surface area (Å²) in [6.07, 6.45) is 2.86. The zero-order chi connectivity index (χ0) is 8.48. The molecule has 0 amide bonds. The molecule has 0 unspecified atom stereocenters. The molecular formula is C9H18O2. The Morgan fingerprint density at radius 2 is 2.09 bits per heavy atom. The van der Waals surface area contributed by atoms with Crippen LogP contribution in [0.2, 0.25) is 0 Å². The number of aliphatic hydroxyl groups excluding tert-OH is 2. The summed E-state index contributed by atoms with van der Waals surface area (Å²) in [6.45, 7) is 4.27. The summed E-state index contributed by atoms with van der Waals surface area (Å²) in [5.41, 5.74) is 0.00560. The van der Waals surface area contributed by atoms with Crippen LogP contribution in [0, 0.1) is 11.3 Å². The highest BCUT2D eigenvalue weighted by Gasteiger charge is 2.36. The molecule has 1 fully saturated rings. The van der Waals surface area contributed by atoms with E-state index in [9.17, 15) is 5.11 Å². The van der Waals surface area contributed by atoms with Gasteiger partial charge in [-0.05, 0) is 18.3 Å². The molecule has 2 nitrogen and oxygen atoms in total. The Labute approximate surface area is 68.2 Å². The van der Waals surface area contributed by atoms with Crippen molar-refractivity contribution in [1.29, 1.82) is 0 Å². The summed E-state index contributed by atoms with van der Waals surface area (Å²) in [7, 11) is 0. The van der Waals surface area contributed by atoms with E-state index in [4.69, 9.17) is 5.11 Å². The highest BCUT2D eigenvalue weighted by atomic mass is 16.3. The Morgan fingerprint density at radius 3 is 2.55 bits per heavy atom. The molecule has 0 aromatic heterocycles. The van der Waals surface area contributed by atoms with E-state index in [0.717, 1.165) is 19.3 Å². The first-order chi connectivity index (χ1) is 5.08. The van der Waals surface area contributed by atoms with Crippen molar-refractivity contribution in [1.82, 2.24) is 0 Å². The van der Waals surface area contributed by atoms with E-state index in [-0.39, 0.29) is 24.0 Å². The van der Waals surface area contributed by atoms with Crippen LogP contribution >= 0.6 is 0 Å². The first kappa shape index (κ1) is 9.01. The molecule has 0 aromatic carbocycles. The number of aliphatic hydroxyl groups is 2. The first-order valence-corrected chi connectivity index (χ1v) is 4.37. The third-order valence-electron chi connectivity index (χ3n) is 2.88. The fourth-order valence-corrected chi connectivity index (χ4v) is 1.95. The van der Waals surface area contributed by atoms with Gasteiger partial charge >= 0.3 is 0 Å². The van der Waals surface area contributed by atoms with Crippen LogP contribution in [-0.2, 0) is 0 Å². The topological polar surface area (TPSA) is 40.5 Å². The molecule has 1 aliphatic rings. The smallest absolute Gasteiger partial charge is 0.0641 e. The predicted molar refractivity (Wildman–Crippen MR) is 44.2 cm³/mol. The van der Waals surface area contributed by atoms with Crippen molar-refractivity contribution in [3.05, 3.63) is 0 Å². The summed E-state index contributed by atoms with van der Waals surface area (Å²) < 4.78 is 0. The molecule has 0 saturated heterocycles. The van der Waals surface area contributed by atoms with E-state index in [1.54, 1.807) is 0 Å². The van der Waals surface area contributed by atoms with E-state index in [1.807, 2.05) is 0 Å². The van der Waals surface area contributed by atoms with Gasteiger partial charge in [0.25, 0.3) is 0 Å². The zero-order valence-corrected chi connectivity index (χ0v) is 7.38. The minimum atomic E-state index is -0.318. The van der Waals surface area contributed by atoms with Gasteiger partial charge in [-0.15, -0.1) is 0 Å². The largest absolute Gasteiger partial charge is 0.396 e. The molecule has 0 spiro atoms. The summed E-state index contributed by atoms with van der Waals surface area (Å²) in [5.74, 6) is 0.110. The highest BCUT2D eigenvalue weighted by Crippen LogP contribution is 2.38. The maximum Gasteiger partial charge on any atom is 0.0641 e. The molecule has 2 N–H and O–H groups in total. The quantitative estimate of drug-likeness (QED) is 0.601. The number of rotatable bonds is 1. The monoisotopic (exact) mass is 158 g/mol. The van der Waals surface area contributed by atoms with Crippen molar-refractivity contribution in [3.63, 3.8) is 0 Å². The van der Waals surface area contributed by atoms with Crippen LogP contribution in [0.5, 0.6) is 0 Å². The second-order valence-electron chi connectivity index (χ2n) is 4.27. The lowest BCUT2D eigenvalue weighted by Gasteiger charge is -2.40. The Bertz CT molecular complexity index is 132. The van der Waals surface area contributed by atoms with Gasteiger partial charge in [0.1, 0.15) is 0 Å². The molecule has 0 aromatic rings. The second kappa shape index (κ2) is 3.11. The molecule has 0 aliphatic heterocycles. The van der Waals surface area contributed by atoms with E-state index >= 15 is 0 Å². The van der Waals surface area contributed by atoms with Crippen LogP contribution in [-0.4, -0.2) is 22.9 Å². The number of hydrogen-bond donors (Lipinski definition) is 2. The molecule has 11 heavy (non-hydrogen) atoms. The average molecular weight is 158 g/mol. The molecule has 0 heterocycles. The summed E-state index contributed by atoms with van der Waals surface area (Å²) in [5, 5.41) is 18.7. The molecule has 1 rings (SSSR count). The maximum atomic E-state index is 9.74. The van der Waals surface area contributed by atoms with E-state index in [1.165, 1.54) is 0 Å². The van der Waals surface area contributed by atoms with Crippen LogP contribution in [0.4, 0.5) is 0 Å². The van der Waals surface area contributed by atoms with Crippen LogP contribution in [0.15, 0.2) is 0 Å². The van der Waals surface area contributed by atoms with Crippen LogP contribution in [0.1, 0.15) is 33.1 Å². The lowest BCUT2D eigenvalue weighted by Crippen LogP contribution is -2.41. The first-order valence-electron chi connectivity index (χ1n) is 4.37. The Morgan fingerprint density at radius 1 is 1.45 bits per heavy atom. The summed E-state index contributed by atoms with van der Waals surface area (Å²) in [4.78, 5) is 0. The van der Waals surface area contributed by atoms with Crippen LogP contribution in [0.3, 0.4) is 0 Å². The van der Waals surface area contributed by atoms with Gasteiger partial charge in [0, 0.05) is 12.5 Å². The van der Waals surface area contributed by atoms with Crippen molar-refractivity contribution >= 4 is 0 Å². The predicted octanol–water partition coefficient (Wildman–Crippen LogP) is 1.17. The minimum Gasteiger partial charge on any atom is -0.396 e. The molecule has 2 atom stereocenters. The lowest BCUT2D eigenvalue weighted by atomic mass is 9.70. The standard InChI is InChI=1S/C9H18O2/c1-9(2)5-3-4-7(6-10)8(9)11/h7-8,10-11H,3-6H2,1-2H3/t7-,8-/m1/s1. The van der Waals surface area contributed by atoms with Gasteiger partial charge in [0.2, 0.25) is 0 Å². The van der Waals surface area contributed by atoms with E-state index in [0.29, 0.717) is 0 Å². The normalized spacial score (nSPS) is 37.1. The van der Waals surface area contributed by atoms with Gasteiger partial charge in [-0.2, -0.15) is 0 Å². The molecule has 0 bridgehead atoms. The second-order valence-corrected chi connectivity index (χ2v) is 4.27. The third kappa shape index (κ3) is 1.74. The Hall–Kier alpha value is -0.0800. The van der Waals surface area contributed by atoms with Gasteiger partial charge in [-0.1, -0.05) is 20.3 Å². The SMILES string of the molecule is CC1(C)CCC[C@H](CO)[C@H]1O. The molecule has 1 aliphatic carbocycles. The molecule has 2 heteroatoms. The lowest BCUT2D eigenvalue weighted by molar-refractivity contribution is -0.0497. The summed E-state index contributed by atoms with van der Waals surface area (Å²) >= 11 is 0. The highest BCUT2D eigenvalue weighted by molar-refractivity contribution is 4.87. The van der Waals surface area contributed by atoms with Crippen molar-refractivity contribution in [2.75, 3.05) is 6.61 Å². The Balaban J connectivity index is 2.60. The van der Waals surface area contributed by atoms with Gasteiger partial charge in [0.15, 0.2) is 0 Å². The third-order valence-corrected chi connectivity index (χ3v) is 2.88. The average Bonchev–Trinajstić information content (AvgIpc) is 1.95. The number of hydrogen-bond acceptors (Lipinski definition) is 2. The van der Waals surface area contributed by atoms with Crippen molar-refractivity contribution in [2.45, 2.75) is 39.2 Å². The Kier molecular flexibility index (Phi) is 2.55. The van der Waals surface area contributed by atoms with Crippen LogP contribution in [0.25, 0.3) is 0 Å². The van der Waals surface area contributed by atoms with Gasteiger partial charge in [-0.25, -0.2) is 0 Å². The maximum absolute atomic E-state index is 9.74. The molecule has 66 valence electrons. The molecular weight excluding hydrogens is 140 g/mol. The van der Waals surface area contributed by atoms with E-state index in [2.05, 4.69) is 13.8 Å². The molecule has 1 saturated carbocycles. The molecule has 0 radical (unpaired) electrons. The van der Waals surface area contributed by atoms with Crippen molar-refractivity contribution in [3.8, 4) is 0 Å². The van der Waals surface area contributed by atoms with Crippen LogP contribution < -0.4 is 0 Å². The van der Waals surface area contributed by atoms with Gasteiger partial charge in [0.05, 0.1) is 6.10 Å². The fourth-order valence-electron chi connectivity index (χ4n) is 1.95. The fraction of sp³-hybridized carbons (Fsp3) is 1.00. The van der Waals surface area contributed by atoms with Crippen molar-refractivity contribution < 1.29 is 10.2 Å². The van der Waals surface area contributed by atoms with Gasteiger partial charge in [-0.3, -0.25) is 0 Å². The summed E-state index contributed by atoms with van der Waals surface area (Å²) in [6, 6.07) is 0. The minimum absolute atomic E-state index is 0.00560. The zero-order valence-electron chi connectivity index (χ0n) is 7.38. The van der Waals surface area contributed by atoms with Crippen molar-refractivity contribution in [2.24, 2.45) is 11.3 Å².